The summed E-state index contributed by atoms with van der Waals surface area (Å²) in [6.45, 7) is 6.75. The second-order valence-corrected chi connectivity index (χ2v) is 8.56. The summed E-state index contributed by atoms with van der Waals surface area (Å²) >= 11 is 0. The predicted octanol–water partition coefficient (Wildman–Crippen LogP) is 3.16. The van der Waals surface area contributed by atoms with Gasteiger partial charge in [0.05, 0.1) is 0 Å². The zero-order valence-corrected chi connectivity index (χ0v) is 17.6. The molecule has 1 N–H and O–H groups in total. The van der Waals surface area contributed by atoms with Crippen LogP contribution in [0.2, 0.25) is 0 Å². The Morgan fingerprint density at radius 3 is 2.40 bits per heavy atom. The lowest BCUT2D eigenvalue weighted by molar-refractivity contribution is -0.139. The van der Waals surface area contributed by atoms with Crippen molar-refractivity contribution in [3.8, 4) is 0 Å². The first kappa shape index (κ1) is 20.1. The highest BCUT2D eigenvalue weighted by Crippen LogP contribution is 2.30. The Labute approximate surface area is 176 Å². The van der Waals surface area contributed by atoms with Gasteiger partial charge in [-0.05, 0) is 41.5 Å². The van der Waals surface area contributed by atoms with E-state index in [4.69, 9.17) is 0 Å². The number of hydrogen-bond donors (Lipinski definition) is 1. The number of carbonyl (C=O) groups excluding carboxylic acids is 3. The van der Waals surface area contributed by atoms with E-state index in [1.807, 2.05) is 42.5 Å². The SMILES string of the molecule is CC(C)c1ccc(C2(C)NC(=O)N(CC(=O)N3CCc4ccccc4C3)C2=O)cc1. The zero-order valence-electron chi connectivity index (χ0n) is 17.6. The Morgan fingerprint density at radius 2 is 1.73 bits per heavy atom. The number of hydrogen-bond acceptors (Lipinski definition) is 3. The second kappa shape index (κ2) is 7.59. The van der Waals surface area contributed by atoms with Gasteiger partial charge in [0, 0.05) is 13.1 Å². The molecule has 1 atom stereocenters. The van der Waals surface area contributed by atoms with Crippen LogP contribution in [0.1, 0.15) is 48.9 Å². The summed E-state index contributed by atoms with van der Waals surface area (Å²) in [4.78, 5) is 41.4. The summed E-state index contributed by atoms with van der Waals surface area (Å²) in [7, 11) is 0. The molecule has 0 radical (unpaired) electrons. The number of carbonyl (C=O) groups is 3. The van der Waals surface area contributed by atoms with Crippen molar-refractivity contribution in [2.75, 3.05) is 13.1 Å². The molecule has 156 valence electrons. The molecule has 0 bridgehead atoms. The van der Waals surface area contributed by atoms with Crippen molar-refractivity contribution in [1.29, 1.82) is 0 Å². The number of amides is 4. The average molecular weight is 405 g/mol. The van der Waals surface area contributed by atoms with Crippen LogP contribution in [0.5, 0.6) is 0 Å². The highest BCUT2D eigenvalue weighted by atomic mass is 16.2. The molecule has 2 aromatic rings. The molecule has 1 saturated heterocycles. The lowest BCUT2D eigenvalue weighted by Crippen LogP contribution is -2.45. The van der Waals surface area contributed by atoms with Gasteiger partial charge in [-0.15, -0.1) is 0 Å². The molecule has 4 amide bonds. The Morgan fingerprint density at radius 1 is 1.07 bits per heavy atom. The largest absolute Gasteiger partial charge is 0.336 e. The molecule has 2 aliphatic rings. The highest BCUT2D eigenvalue weighted by molar-refractivity contribution is 6.09. The van der Waals surface area contributed by atoms with Crippen LogP contribution in [0, 0.1) is 0 Å². The molecular formula is C24H27N3O3. The number of imide groups is 1. The first-order valence-electron chi connectivity index (χ1n) is 10.4. The quantitative estimate of drug-likeness (QED) is 0.795. The summed E-state index contributed by atoms with van der Waals surface area (Å²) in [5, 5.41) is 2.79. The van der Waals surface area contributed by atoms with Gasteiger partial charge in [-0.1, -0.05) is 62.4 Å². The van der Waals surface area contributed by atoms with Gasteiger partial charge in [0.25, 0.3) is 5.91 Å². The van der Waals surface area contributed by atoms with E-state index >= 15 is 0 Å². The molecule has 30 heavy (non-hydrogen) atoms. The van der Waals surface area contributed by atoms with Crippen LogP contribution in [0.15, 0.2) is 48.5 Å². The molecule has 1 fully saturated rings. The van der Waals surface area contributed by atoms with E-state index in [1.54, 1.807) is 11.8 Å². The van der Waals surface area contributed by atoms with E-state index in [0.717, 1.165) is 22.4 Å². The minimum atomic E-state index is -1.17. The van der Waals surface area contributed by atoms with Gasteiger partial charge in [0.2, 0.25) is 5.91 Å². The minimum absolute atomic E-state index is 0.215. The van der Waals surface area contributed by atoms with Crippen LogP contribution < -0.4 is 5.32 Å². The van der Waals surface area contributed by atoms with Crippen molar-refractivity contribution < 1.29 is 14.4 Å². The van der Waals surface area contributed by atoms with Gasteiger partial charge in [0.15, 0.2) is 0 Å². The predicted molar refractivity (Wildman–Crippen MR) is 114 cm³/mol. The molecule has 0 aliphatic carbocycles. The maximum atomic E-state index is 13.1. The lowest BCUT2D eigenvalue weighted by Gasteiger charge is -2.30. The fourth-order valence-electron chi connectivity index (χ4n) is 4.18. The van der Waals surface area contributed by atoms with Gasteiger partial charge in [-0.3, -0.25) is 14.5 Å². The zero-order chi connectivity index (χ0) is 21.5. The van der Waals surface area contributed by atoms with Crippen molar-refractivity contribution in [1.82, 2.24) is 15.1 Å². The van der Waals surface area contributed by atoms with Crippen molar-refractivity contribution in [2.24, 2.45) is 0 Å². The smallest absolute Gasteiger partial charge is 0.325 e. The Balaban J connectivity index is 1.48. The average Bonchev–Trinajstić information content (AvgIpc) is 2.97. The van der Waals surface area contributed by atoms with Crippen molar-refractivity contribution >= 4 is 17.8 Å². The molecule has 0 aromatic heterocycles. The third-order valence-corrected chi connectivity index (χ3v) is 6.21. The van der Waals surface area contributed by atoms with E-state index in [1.165, 1.54) is 5.56 Å². The molecular weight excluding hydrogens is 378 g/mol. The van der Waals surface area contributed by atoms with Crippen molar-refractivity contribution in [2.45, 2.75) is 45.2 Å². The molecule has 0 spiro atoms. The summed E-state index contributed by atoms with van der Waals surface area (Å²) in [5.41, 5.74) is 3.07. The third kappa shape index (κ3) is 3.47. The maximum absolute atomic E-state index is 13.1. The first-order chi connectivity index (χ1) is 14.3. The molecule has 6 heteroatoms. The van der Waals surface area contributed by atoms with Crippen LogP contribution >= 0.6 is 0 Å². The van der Waals surface area contributed by atoms with Gasteiger partial charge in [-0.2, -0.15) is 0 Å². The second-order valence-electron chi connectivity index (χ2n) is 8.56. The molecule has 2 heterocycles. The van der Waals surface area contributed by atoms with Gasteiger partial charge < -0.3 is 10.2 Å². The minimum Gasteiger partial charge on any atom is -0.336 e. The molecule has 2 aromatic carbocycles. The molecule has 2 aliphatic heterocycles. The van der Waals surface area contributed by atoms with E-state index < -0.39 is 17.5 Å². The van der Waals surface area contributed by atoms with Crippen LogP contribution in [0.25, 0.3) is 0 Å². The number of nitrogens with one attached hydrogen (secondary N) is 1. The standard InChI is InChI=1S/C24H27N3O3/c1-16(2)17-8-10-20(11-9-17)24(3)22(29)27(23(30)25-24)15-21(28)26-13-12-18-6-4-5-7-19(18)14-26/h4-11,16H,12-15H2,1-3H3,(H,25,30). The third-order valence-electron chi connectivity index (χ3n) is 6.21. The molecule has 6 nitrogen and oxygen atoms in total. The summed E-state index contributed by atoms with van der Waals surface area (Å²) in [6.07, 6.45) is 0.780. The molecule has 4 rings (SSSR count). The van der Waals surface area contributed by atoms with Crippen LogP contribution in [-0.2, 0) is 28.1 Å². The van der Waals surface area contributed by atoms with Crippen LogP contribution in [-0.4, -0.2) is 40.7 Å². The fourth-order valence-corrected chi connectivity index (χ4v) is 4.18. The Hall–Kier alpha value is -3.15. The topological polar surface area (TPSA) is 69.7 Å². The molecule has 1 unspecified atom stereocenters. The summed E-state index contributed by atoms with van der Waals surface area (Å²) < 4.78 is 0. The Kier molecular flexibility index (Phi) is 5.10. The van der Waals surface area contributed by atoms with E-state index in [-0.39, 0.29) is 12.5 Å². The first-order valence-corrected chi connectivity index (χ1v) is 10.4. The monoisotopic (exact) mass is 405 g/mol. The normalized spacial score (nSPS) is 21.1. The van der Waals surface area contributed by atoms with Gasteiger partial charge in [-0.25, -0.2) is 4.79 Å². The summed E-state index contributed by atoms with van der Waals surface area (Å²) in [5.74, 6) is -0.229. The van der Waals surface area contributed by atoms with E-state index in [9.17, 15) is 14.4 Å². The highest BCUT2D eigenvalue weighted by Gasteiger charge is 2.49. The number of urea groups is 1. The van der Waals surface area contributed by atoms with Gasteiger partial charge >= 0.3 is 6.03 Å². The number of benzene rings is 2. The van der Waals surface area contributed by atoms with Crippen molar-refractivity contribution in [3.05, 3.63) is 70.8 Å². The van der Waals surface area contributed by atoms with Crippen LogP contribution in [0.3, 0.4) is 0 Å². The Bertz CT molecular complexity index is 999. The number of nitrogens with zero attached hydrogens (tertiary/aromatic N) is 2. The fraction of sp³-hybridized carbons (Fsp3) is 0.375. The van der Waals surface area contributed by atoms with Gasteiger partial charge in [0.1, 0.15) is 12.1 Å². The van der Waals surface area contributed by atoms with Crippen LogP contribution in [0.4, 0.5) is 4.79 Å². The summed E-state index contributed by atoms with van der Waals surface area (Å²) in [6, 6.07) is 15.2. The van der Waals surface area contributed by atoms with E-state index in [0.29, 0.717) is 24.6 Å². The lowest BCUT2D eigenvalue weighted by atomic mass is 9.90. The number of rotatable bonds is 4. The van der Waals surface area contributed by atoms with E-state index in [2.05, 4.69) is 25.2 Å². The van der Waals surface area contributed by atoms with Crippen molar-refractivity contribution in [3.63, 3.8) is 0 Å². The maximum Gasteiger partial charge on any atom is 0.325 e. The molecule has 0 saturated carbocycles. The number of fused-ring (bicyclic) bond motifs is 1.